The summed E-state index contributed by atoms with van der Waals surface area (Å²) in [6, 6.07) is 9.99. The van der Waals surface area contributed by atoms with E-state index in [1.807, 2.05) is 37.3 Å². The zero-order chi connectivity index (χ0) is 12.5. The van der Waals surface area contributed by atoms with Gasteiger partial charge in [-0.05, 0) is 13.0 Å². The van der Waals surface area contributed by atoms with Crippen LogP contribution in [-0.4, -0.2) is 15.0 Å². The number of pyridine rings is 1. The molecule has 0 unspecified atom stereocenters. The Morgan fingerprint density at radius 1 is 1.00 bits per heavy atom. The molecule has 0 aliphatic heterocycles. The molecule has 1 aromatic carbocycles. The molecular formula is C14H12N4. The number of fused-ring (bicyclic) bond motifs is 1. The van der Waals surface area contributed by atoms with Gasteiger partial charge in [0.15, 0.2) is 0 Å². The summed E-state index contributed by atoms with van der Waals surface area (Å²) in [5.41, 5.74) is 9.47. The number of nitrogen functional groups attached to an aromatic ring is 1. The average molecular weight is 236 g/mol. The Labute approximate surface area is 105 Å². The molecule has 0 fully saturated rings. The number of anilines is 1. The summed E-state index contributed by atoms with van der Waals surface area (Å²) >= 11 is 0. The first-order valence-corrected chi connectivity index (χ1v) is 5.68. The molecule has 18 heavy (non-hydrogen) atoms. The fraction of sp³-hybridized carbons (Fsp3) is 0.0714. The lowest BCUT2D eigenvalue weighted by Crippen LogP contribution is -1.99. The van der Waals surface area contributed by atoms with Gasteiger partial charge in [0.2, 0.25) is 0 Å². The van der Waals surface area contributed by atoms with Crippen LogP contribution in [0.25, 0.3) is 22.2 Å². The Hall–Kier alpha value is -2.49. The van der Waals surface area contributed by atoms with Crippen molar-refractivity contribution in [2.45, 2.75) is 6.92 Å². The van der Waals surface area contributed by atoms with Crippen molar-refractivity contribution >= 4 is 16.7 Å². The van der Waals surface area contributed by atoms with Crippen LogP contribution in [0.3, 0.4) is 0 Å². The summed E-state index contributed by atoms with van der Waals surface area (Å²) in [5, 5.41) is 1.09. The number of aromatic nitrogens is 3. The van der Waals surface area contributed by atoms with Crippen LogP contribution in [0.5, 0.6) is 0 Å². The molecule has 0 saturated carbocycles. The van der Waals surface area contributed by atoms with Crippen LogP contribution in [-0.2, 0) is 0 Å². The first-order valence-electron chi connectivity index (χ1n) is 5.68. The van der Waals surface area contributed by atoms with Crippen molar-refractivity contribution in [1.29, 1.82) is 0 Å². The van der Waals surface area contributed by atoms with E-state index >= 15 is 0 Å². The Morgan fingerprint density at radius 2 is 1.83 bits per heavy atom. The van der Waals surface area contributed by atoms with Crippen molar-refractivity contribution in [2.75, 3.05) is 5.73 Å². The number of benzene rings is 1. The zero-order valence-electron chi connectivity index (χ0n) is 9.96. The standard InChI is InChI=1S/C14H12N4/c1-9-12(17-8-18-14(9)15)11-6-2-4-10-5-3-7-16-13(10)11/h2-8H,1H3,(H2,15,17,18). The van der Waals surface area contributed by atoms with Crippen molar-refractivity contribution in [3.63, 3.8) is 0 Å². The number of rotatable bonds is 1. The summed E-state index contributed by atoms with van der Waals surface area (Å²) in [5.74, 6) is 0.507. The molecule has 0 aliphatic rings. The number of nitrogens with zero attached hydrogens (tertiary/aromatic N) is 3. The highest BCUT2D eigenvalue weighted by Crippen LogP contribution is 2.28. The zero-order valence-corrected chi connectivity index (χ0v) is 9.96. The normalized spacial score (nSPS) is 10.7. The summed E-state index contributed by atoms with van der Waals surface area (Å²) in [7, 11) is 0. The van der Waals surface area contributed by atoms with E-state index < -0.39 is 0 Å². The third kappa shape index (κ3) is 1.59. The third-order valence-corrected chi connectivity index (χ3v) is 3.01. The second kappa shape index (κ2) is 4.07. The maximum atomic E-state index is 5.83. The second-order valence-corrected chi connectivity index (χ2v) is 4.11. The molecule has 3 rings (SSSR count). The maximum Gasteiger partial charge on any atom is 0.130 e. The summed E-state index contributed by atoms with van der Waals surface area (Å²) in [4.78, 5) is 12.7. The van der Waals surface area contributed by atoms with Gasteiger partial charge >= 0.3 is 0 Å². The highest BCUT2D eigenvalue weighted by atomic mass is 14.9. The lowest BCUT2D eigenvalue weighted by Gasteiger charge is -2.08. The lowest BCUT2D eigenvalue weighted by molar-refractivity contribution is 1.15. The van der Waals surface area contributed by atoms with E-state index in [9.17, 15) is 0 Å². The molecule has 88 valence electrons. The number of hydrogen-bond acceptors (Lipinski definition) is 4. The molecule has 2 heterocycles. The highest BCUT2D eigenvalue weighted by Gasteiger charge is 2.10. The van der Waals surface area contributed by atoms with Crippen molar-refractivity contribution in [2.24, 2.45) is 0 Å². The van der Waals surface area contributed by atoms with Gasteiger partial charge in [0.25, 0.3) is 0 Å². The predicted octanol–water partition coefficient (Wildman–Crippen LogP) is 2.58. The van der Waals surface area contributed by atoms with Gasteiger partial charge in [-0.25, -0.2) is 9.97 Å². The van der Waals surface area contributed by atoms with Gasteiger partial charge in [-0.3, -0.25) is 4.98 Å². The van der Waals surface area contributed by atoms with Crippen LogP contribution < -0.4 is 5.73 Å². The van der Waals surface area contributed by atoms with Gasteiger partial charge < -0.3 is 5.73 Å². The minimum absolute atomic E-state index is 0.507. The molecule has 0 atom stereocenters. The Bertz CT molecular complexity index is 717. The molecule has 0 saturated heterocycles. The molecule has 4 nitrogen and oxygen atoms in total. The van der Waals surface area contributed by atoms with Crippen LogP contribution in [0.15, 0.2) is 42.9 Å². The summed E-state index contributed by atoms with van der Waals surface area (Å²) in [6.07, 6.45) is 3.27. The predicted molar refractivity (Wildman–Crippen MR) is 71.9 cm³/mol. The van der Waals surface area contributed by atoms with E-state index in [1.165, 1.54) is 6.33 Å². The molecule has 0 amide bonds. The van der Waals surface area contributed by atoms with E-state index in [2.05, 4.69) is 15.0 Å². The third-order valence-electron chi connectivity index (χ3n) is 3.01. The molecule has 0 spiro atoms. The van der Waals surface area contributed by atoms with E-state index in [0.717, 1.165) is 27.7 Å². The maximum absolute atomic E-state index is 5.83. The van der Waals surface area contributed by atoms with Crippen LogP contribution in [0.4, 0.5) is 5.82 Å². The largest absolute Gasteiger partial charge is 0.383 e. The molecule has 2 N–H and O–H groups in total. The van der Waals surface area contributed by atoms with Gasteiger partial charge in [-0.2, -0.15) is 0 Å². The average Bonchev–Trinajstić information content (AvgIpc) is 2.41. The molecule has 0 bridgehead atoms. The van der Waals surface area contributed by atoms with E-state index in [-0.39, 0.29) is 0 Å². The summed E-state index contributed by atoms with van der Waals surface area (Å²) in [6.45, 7) is 1.92. The number of para-hydroxylation sites is 1. The molecule has 4 heteroatoms. The van der Waals surface area contributed by atoms with Crippen molar-refractivity contribution in [1.82, 2.24) is 15.0 Å². The Balaban J connectivity index is 2.35. The highest BCUT2D eigenvalue weighted by molar-refractivity contribution is 5.93. The van der Waals surface area contributed by atoms with Crippen molar-refractivity contribution in [3.05, 3.63) is 48.4 Å². The SMILES string of the molecule is Cc1c(N)ncnc1-c1cccc2cccnc12. The summed E-state index contributed by atoms with van der Waals surface area (Å²) < 4.78 is 0. The minimum atomic E-state index is 0.507. The lowest BCUT2D eigenvalue weighted by atomic mass is 10.0. The number of hydrogen-bond donors (Lipinski definition) is 1. The first kappa shape index (κ1) is 10.7. The van der Waals surface area contributed by atoms with E-state index in [0.29, 0.717) is 5.82 Å². The molecule has 0 aliphatic carbocycles. The second-order valence-electron chi connectivity index (χ2n) is 4.11. The van der Waals surface area contributed by atoms with Crippen molar-refractivity contribution < 1.29 is 0 Å². The minimum Gasteiger partial charge on any atom is -0.383 e. The van der Waals surface area contributed by atoms with Crippen molar-refractivity contribution in [3.8, 4) is 11.3 Å². The molecule has 0 radical (unpaired) electrons. The topological polar surface area (TPSA) is 64.7 Å². The van der Waals surface area contributed by atoms with E-state index in [4.69, 9.17) is 5.73 Å². The monoisotopic (exact) mass is 236 g/mol. The molecular weight excluding hydrogens is 224 g/mol. The van der Waals surface area contributed by atoms with Crippen LogP contribution in [0.2, 0.25) is 0 Å². The van der Waals surface area contributed by atoms with Crippen LogP contribution in [0.1, 0.15) is 5.56 Å². The first-order chi connectivity index (χ1) is 8.77. The Kier molecular flexibility index (Phi) is 2.41. The van der Waals surface area contributed by atoms with Crippen LogP contribution in [0, 0.1) is 6.92 Å². The van der Waals surface area contributed by atoms with Gasteiger partial charge in [0.1, 0.15) is 12.1 Å². The van der Waals surface area contributed by atoms with Crippen LogP contribution >= 0.6 is 0 Å². The van der Waals surface area contributed by atoms with Gasteiger partial charge in [-0.1, -0.05) is 24.3 Å². The number of nitrogens with two attached hydrogens (primary N) is 1. The molecule has 3 aromatic rings. The van der Waals surface area contributed by atoms with Gasteiger partial charge in [-0.15, -0.1) is 0 Å². The quantitative estimate of drug-likeness (QED) is 0.705. The molecule has 2 aromatic heterocycles. The Morgan fingerprint density at radius 3 is 2.72 bits per heavy atom. The van der Waals surface area contributed by atoms with E-state index in [1.54, 1.807) is 6.20 Å². The fourth-order valence-electron chi connectivity index (χ4n) is 2.03. The fourth-order valence-corrected chi connectivity index (χ4v) is 2.03. The van der Waals surface area contributed by atoms with Gasteiger partial charge in [0, 0.05) is 22.7 Å². The smallest absolute Gasteiger partial charge is 0.130 e. The van der Waals surface area contributed by atoms with Gasteiger partial charge in [0.05, 0.1) is 11.2 Å².